The van der Waals surface area contributed by atoms with Crippen LogP contribution in [0.15, 0.2) is 0 Å². The Hall–Kier alpha value is -0.260. The summed E-state index contributed by atoms with van der Waals surface area (Å²) in [5.74, 6) is 1.10. The molecular formula is C16H30N2O2S. The van der Waals surface area contributed by atoms with Crippen molar-refractivity contribution in [1.29, 1.82) is 0 Å². The highest BCUT2D eigenvalue weighted by molar-refractivity contribution is 8.00. The Balaban J connectivity index is 2.06. The maximum atomic E-state index is 13.0. The minimum absolute atomic E-state index is 0.0919. The summed E-state index contributed by atoms with van der Waals surface area (Å²) >= 11 is 1.95. The molecule has 0 aromatic heterocycles. The molecule has 2 aliphatic rings. The van der Waals surface area contributed by atoms with Crippen LogP contribution in [-0.4, -0.2) is 52.6 Å². The van der Waals surface area contributed by atoms with E-state index in [4.69, 9.17) is 10.5 Å². The monoisotopic (exact) mass is 314 g/mol. The Morgan fingerprint density at radius 3 is 2.57 bits per heavy atom. The number of nitrogens with two attached hydrogens (primary N) is 1. The van der Waals surface area contributed by atoms with Gasteiger partial charge >= 0.3 is 0 Å². The molecule has 1 amide bonds. The first-order valence-corrected chi connectivity index (χ1v) is 8.96. The van der Waals surface area contributed by atoms with E-state index in [1.54, 1.807) is 0 Å². The molecule has 2 fully saturated rings. The van der Waals surface area contributed by atoms with E-state index in [1.165, 1.54) is 0 Å². The SMILES string of the molecule is CCOC1CC(N)(C(=O)N2CCSC(C)(C)CC2)C1(C)C. The van der Waals surface area contributed by atoms with E-state index in [0.29, 0.717) is 13.0 Å². The number of nitrogens with zero attached hydrogens (tertiary/aromatic N) is 1. The number of carbonyl (C=O) groups excluding carboxylic acids is 1. The third-order valence-electron chi connectivity index (χ3n) is 5.34. The zero-order valence-corrected chi connectivity index (χ0v) is 14.9. The van der Waals surface area contributed by atoms with Crippen LogP contribution < -0.4 is 5.73 Å². The number of hydrogen-bond donors (Lipinski definition) is 1. The summed E-state index contributed by atoms with van der Waals surface area (Å²) in [6.45, 7) is 12.9. The topological polar surface area (TPSA) is 55.6 Å². The van der Waals surface area contributed by atoms with Crippen LogP contribution in [0.5, 0.6) is 0 Å². The average molecular weight is 314 g/mol. The number of hydrogen-bond acceptors (Lipinski definition) is 4. The summed E-state index contributed by atoms with van der Waals surface area (Å²) < 4.78 is 5.98. The first-order chi connectivity index (χ1) is 9.64. The first kappa shape index (κ1) is 17.1. The Bertz CT molecular complexity index is 411. The highest BCUT2D eigenvalue weighted by Crippen LogP contribution is 2.50. The van der Waals surface area contributed by atoms with Gasteiger partial charge in [-0.2, -0.15) is 11.8 Å². The van der Waals surface area contributed by atoms with Crippen molar-refractivity contribution in [3.05, 3.63) is 0 Å². The fourth-order valence-electron chi connectivity index (χ4n) is 3.30. The van der Waals surface area contributed by atoms with Gasteiger partial charge in [0.15, 0.2) is 0 Å². The lowest BCUT2D eigenvalue weighted by molar-refractivity contribution is -0.179. The largest absolute Gasteiger partial charge is 0.378 e. The van der Waals surface area contributed by atoms with Crippen LogP contribution in [0.2, 0.25) is 0 Å². The number of amides is 1. The summed E-state index contributed by atoms with van der Waals surface area (Å²) in [6.07, 6.45) is 1.75. The third kappa shape index (κ3) is 2.97. The van der Waals surface area contributed by atoms with E-state index in [1.807, 2.05) is 23.6 Å². The van der Waals surface area contributed by atoms with Gasteiger partial charge in [0.25, 0.3) is 0 Å². The van der Waals surface area contributed by atoms with E-state index in [0.717, 1.165) is 25.3 Å². The first-order valence-electron chi connectivity index (χ1n) is 7.98. The van der Waals surface area contributed by atoms with Gasteiger partial charge in [0.1, 0.15) is 5.54 Å². The molecule has 21 heavy (non-hydrogen) atoms. The normalized spacial score (nSPS) is 35.0. The molecule has 2 atom stereocenters. The lowest BCUT2D eigenvalue weighted by Crippen LogP contribution is -2.76. The molecule has 0 radical (unpaired) electrons. The second-order valence-electron chi connectivity index (χ2n) is 7.49. The van der Waals surface area contributed by atoms with Gasteiger partial charge in [-0.05, 0) is 13.3 Å². The van der Waals surface area contributed by atoms with E-state index in [-0.39, 0.29) is 22.2 Å². The number of ether oxygens (including phenoxy) is 1. The highest BCUT2D eigenvalue weighted by atomic mass is 32.2. The highest BCUT2D eigenvalue weighted by Gasteiger charge is 2.63. The number of thioether (sulfide) groups is 1. The molecule has 0 bridgehead atoms. The van der Waals surface area contributed by atoms with Crippen molar-refractivity contribution in [2.24, 2.45) is 11.1 Å². The molecule has 122 valence electrons. The zero-order valence-electron chi connectivity index (χ0n) is 14.1. The fraction of sp³-hybridized carbons (Fsp3) is 0.938. The Morgan fingerprint density at radius 2 is 2.00 bits per heavy atom. The van der Waals surface area contributed by atoms with Crippen LogP contribution >= 0.6 is 11.8 Å². The van der Waals surface area contributed by atoms with E-state index < -0.39 is 5.54 Å². The summed E-state index contributed by atoms with van der Waals surface area (Å²) in [6, 6.07) is 0. The minimum atomic E-state index is -0.772. The van der Waals surface area contributed by atoms with Crippen molar-refractivity contribution in [3.8, 4) is 0 Å². The molecule has 5 heteroatoms. The van der Waals surface area contributed by atoms with Crippen LogP contribution in [0, 0.1) is 5.41 Å². The third-order valence-corrected chi connectivity index (χ3v) is 6.71. The Labute approximate surface area is 133 Å². The van der Waals surface area contributed by atoms with Crippen LogP contribution in [0.3, 0.4) is 0 Å². The molecule has 2 rings (SSSR count). The van der Waals surface area contributed by atoms with Crippen LogP contribution in [0.4, 0.5) is 0 Å². The summed E-state index contributed by atoms with van der Waals surface area (Å²) in [7, 11) is 0. The average Bonchev–Trinajstić information content (AvgIpc) is 2.58. The van der Waals surface area contributed by atoms with Gasteiger partial charge in [0.05, 0.1) is 6.10 Å². The van der Waals surface area contributed by atoms with E-state index in [2.05, 4.69) is 27.7 Å². The standard InChI is InChI=1S/C16H30N2O2S/c1-6-20-12-11-16(17,15(12,4)5)13(19)18-8-7-14(2,3)21-10-9-18/h12H,6-11,17H2,1-5H3. The molecule has 0 aromatic rings. The molecule has 0 spiro atoms. The maximum Gasteiger partial charge on any atom is 0.243 e. The van der Waals surface area contributed by atoms with Crippen molar-refractivity contribution in [2.75, 3.05) is 25.4 Å². The van der Waals surface area contributed by atoms with Gasteiger partial charge < -0.3 is 15.4 Å². The number of rotatable bonds is 3. The summed E-state index contributed by atoms with van der Waals surface area (Å²) in [5.41, 5.74) is 5.45. The second kappa shape index (κ2) is 5.74. The van der Waals surface area contributed by atoms with Gasteiger partial charge in [-0.25, -0.2) is 0 Å². The quantitative estimate of drug-likeness (QED) is 0.868. The van der Waals surface area contributed by atoms with Crippen molar-refractivity contribution in [2.45, 2.75) is 63.9 Å². The molecule has 1 saturated carbocycles. The summed E-state index contributed by atoms with van der Waals surface area (Å²) in [4.78, 5) is 14.9. The van der Waals surface area contributed by atoms with Crippen LogP contribution in [0.1, 0.15) is 47.5 Å². The van der Waals surface area contributed by atoms with Crippen LogP contribution in [0.25, 0.3) is 0 Å². The molecule has 1 aliphatic heterocycles. The molecule has 2 unspecified atom stereocenters. The van der Waals surface area contributed by atoms with Crippen molar-refractivity contribution in [3.63, 3.8) is 0 Å². The van der Waals surface area contributed by atoms with Crippen molar-refractivity contribution in [1.82, 2.24) is 4.90 Å². The Morgan fingerprint density at radius 1 is 1.33 bits per heavy atom. The summed E-state index contributed by atoms with van der Waals surface area (Å²) in [5, 5.41) is 0. The lowest BCUT2D eigenvalue weighted by Gasteiger charge is -2.58. The molecule has 4 nitrogen and oxygen atoms in total. The van der Waals surface area contributed by atoms with Gasteiger partial charge in [-0.3, -0.25) is 4.79 Å². The predicted octanol–water partition coefficient (Wildman–Crippen LogP) is 2.26. The van der Waals surface area contributed by atoms with Crippen LogP contribution in [-0.2, 0) is 9.53 Å². The van der Waals surface area contributed by atoms with Gasteiger partial charge in [-0.1, -0.05) is 27.7 Å². The molecule has 0 aromatic carbocycles. The Kier molecular flexibility index (Phi) is 4.68. The van der Waals surface area contributed by atoms with E-state index in [9.17, 15) is 4.79 Å². The molecule has 2 N–H and O–H groups in total. The minimum Gasteiger partial charge on any atom is -0.378 e. The van der Waals surface area contributed by atoms with Gasteiger partial charge in [0, 0.05) is 42.0 Å². The van der Waals surface area contributed by atoms with Gasteiger partial charge in [-0.15, -0.1) is 0 Å². The zero-order chi connectivity index (χ0) is 15.9. The lowest BCUT2D eigenvalue weighted by atomic mass is 9.54. The molecule has 1 saturated heterocycles. The smallest absolute Gasteiger partial charge is 0.243 e. The molecule has 1 heterocycles. The fourth-order valence-corrected chi connectivity index (χ4v) is 4.40. The van der Waals surface area contributed by atoms with Crippen molar-refractivity contribution >= 4 is 17.7 Å². The maximum absolute atomic E-state index is 13.0. The number of carbonyl (C=O) groups is 1. The predicted molar refractivity (Wildman–Crippen MR) is 88.5 cm³/mol. The second-order valence-corrected chi connectivity index (χ2v) is 9.29. The molecular weight excluding hydrogens is 284 g/mol. The van der Waals surface area contributed by atoms with Crippen molar-refractivity contribution < 1.29 is 9.53 Å². The van der Waals surface area contributed by atoms with Gasteiger partial charge in [0.2, 0.25) is 5.91 Å². The molecule has 1 aliphatic carbocycles. The van der Waals surface area contributed by atoms with E-state index >= 15 is 0 Å².